The third kappa shape index (κ3) is 7.85. The third-order valence-corrected chi connectivity index (χ3v) is 2.18. The topological polar surface area (TPSA) is 0 Å². The maximum atomic E-state index is 2.31. The molecule has 0 heteroatoms. The fourth-order valence-electron chi connectivity index (χ4n) is 1.46. The smallest absolute Gasteiger partial charge is 0.0291 e. The van der Waals surface area contributed by atoms with Gasteiger partial charge in [0.25, 0.3) is 0 Å². The molecule has 0 fully saturated rings. The molecule has 0 amide bonds. The van der Waals surface area contributed by atoms with Gasteiger partial charge in [-0.2, -0.15) is 0 Å². The van der Waals surface area contributed by atoms with Crippen LogP contribution < -0.4 is 0 Å². The minimum Gasteiger partial charge on any atom is -0.0888 e. The molecule has 0 spiro atoms. The molecule has 0 nitrogen and oxygen atoms in total. The van der Waals surface area contributed by atoms with E-state index in [4.69, 9.17) is 0 Å². The zero-order chi connectivity index (χ0) is 10.8. The molecule has 0 aliphatic carbocycles. The maximum absolute atomic E-state index is 2.31. The molecule has 80 valence electrons. The molecule has 0 aromatic carbocycles. The first kappa shape index (κ1) is 13.2. The van der Waals surface area contributed by atoms with E-state index in [1.165, 1.54) is 18.4 Å². The lowest BCUT2D eigenvalue weighted by Crippen LogP contribution is -1.93. The minimum absolute atomic E-state index is 0.763. The van der Waals surface area contributed by atoms with Gasteiger partial charge < -0.3 is 0 Å². The predicted octanol–water partition coefficient (Wildman–Crippen LogP) is 4.89. The third-order valence-electron chi connectivity index (χ3n) is 2.18. The van der Waals surface area contributed by atoms with Crippen LogP contribution in [0.1, 0.15) is 47.0 Å². The lowest BCUT2D eigenvalue weighted by atomic mass is 9.98. The molecule has 0 saturated carbocycles. The Morgan fingerprint density at radius 2 is 2.00 bits per heavy atom. The van der Waals surface area contributed by atoms with Gasteiger partial charge in [0.2, 0.25) is 0 Å². The zero-order valence-electron chi connectivity index (χ0n) is 10.1. The van der Waals surface area contributed by atoms with Gasteiger partial charge in [-0.05, 0) is 39.0 Å². The lowest BCUT2D eigenvalue weighted by Gasteiger charge is -2.08. The first-order chi connectivity index (χ1) is 6.70. The van der Waals surface area contributed by atoms with Crippen molar-refractivity contribution >= 4 is 0 Å². The summed E-state index contributed by atoms with van der Waals surface area (Å²) in [5.41, 5.74) is 1.47. The van der Waals surface area contributed by atoms with Crippen molar-refractivity contribution in [2.45, 2.75) is 47.0 Å². The zero-order valence-corrected chi connectivity index (χ0v) is 10.1. The Bertz CT molecular complexity index is 206. The van der Waals surface area contributed by atoms with Crippen LogP contribution in [0.4, 0.5) is 0 Å². The first-order valence-corrected chi connectivity index (χ1v) is 5.64. The highest BCUT2D eigenvalue weighted by molar-refractivity contribution is 5.10. The number of hydrogen-bond donors (Lipinski definition) is 0. The van der Waals surface area contributed by atoms with Gasteiger partial charge in [-0.1, -0.05) is 49.8 Å². The Hall–Kier alpha value is -0.780. The van der Waals surface area contributed by atoms with E-state index in [0.29, 0.717) is 0 Å². The highest BCUT2D eigenvalue weighted by atomic mass is 14.0. The number of rotatable bonds is 6. The van der Waals surface area contributed by atoms with E-state index in [1.807, 2.05) is 0 Å². The molecule has 0 aromatic rings. The molecule has 0 aliphatic rings. The molecular weight excluding hydrogens is 168 g/mol. The Morgan fingerprint density at radius 1 is 1.29 bits per heavy atom. The summed E-state index contributed by atoms with van der Waals surface area (Å²) in [6.45, 7) is 8.75. The van der Waals surface area contributed by atoms with Crippen LogP contribution in [0.5, 0.6) is 0 Å². The fraction of sp³-hybridized carbons (Fsp3) is 0.571. The average molecular weight is 192 g/mol. The molecule has 0 saturated heterocycles. The van der Waals surface area contributed by atoms with Crippen molar-refractivity contribution in [1.82, 2.24) is 0 Å². The van der Waals surface area contributed by atoms with Crippen molar-refractivity contribution in [3.63, 3.8) is 0 Å². The minimum atomic E-state index is 0.763. The highest BCUT2D eigenvalue weighted by Crippen LogP contribution is 2.15. The molecule has 0 aromatic heterocycles. The SMILES string of the molecule is CC=CC=C(C)CC(C)CC=CCC. The number of allylic oxidation sites excluding steroid dienone is 6. The second-order valence-corrected chi connectivity index (χ2v) is 3.96. The van der Waals surface area contributed by atoms with Crippen LogP contribution in [-0.4, -0.2) is 0 Å². The molecule has 0 radical (unpaired) electrons. The van der Waals surface area contributed by atoms with Crippen LogP contribution in [-0.2, 0) is 0 Å². The van der Waals surface area contributed by atoms with Gasteiger partial charge in [0.05, 0.1) is 0 Å². The monoisotopic (exact) mass is 192 g/mol. The van der Waals surface area contributed by atoms with Crippen molar-refractivity contribution in [2.75, 3.05) is 0 Å². The van der Waals surface area contributed by atoms with Crippen molar-refractivity contribution in [1.29, 1.82) is 0 Å². The van der Waals surface area contributed by atoms with E-state index in [9.17, 15) is 0 Å². The highest BCUT2D eigenvalue weighted by Gasteiger charge is 1.99. The molecule has 0 rings (SSSR count). The molecule has 0 N–H and O–H groups in total. The summed E-state index contributed by atoms with van der Waals surface area (Å²) in [5.74, 6) is 0.763. The summed E-state index contributed by atoms with van der Waals surface area (Å²) in [6.07, 6.45) is 14.5. The summed E-state index contributed by atoms with van der Waals surface area (Å²) in [7, 11) is 0. The van der Waals surface area contributed by atoms with Gasteiger partial charge >= 0.3 is 0 Å². The van der Waals surface area contributed by atoms with Gasteiger partial charge in [0, 0.05) is 0 Å². The summed E-state index contributed by atoms with van der Waals surface area (Å²) in [5, 5.41) is 0. The largest absolute Gasteiger partial charge is 0.0888 e. The van der Waals surface area contributed by atoms with E-state index < -0.39 is 0 Å². The van der Waals surface area contributed by atoms with Crippen LogP contribution in [0.25, 0.3) is 0 Å². The van der Waals surface area contributed by atoms with E-state index in [1.54, 1.807) is 0 Å². The summed E-state index contributed by atoms with van der Waals surface area (Å²) in [4.78, 5) is 0. The molecular formula is C14H24. The summed E-state index contributed by atoms with van der Waals surface area (Å²) >= 11 is 0. The van der Waals surface area contributed by atoms with Crippen LogP contribution in [0, 0.1) is 5.92 Å². The van der Waals surface area contributed by atoms with Crippen molar-refractivity contribution in [2.24, 2.45) is 5.92 Å². The second-order valence-electron chi connectivity index (χ2n) is 3.96. The van der Waals surface area contributed by atoms with Gasteiger partial charge in [0.1, 0.15) is 0 Å². The van der Waals surface area contributed by atoms with E-state index >= 15 is 0 Å². The fourth-order valence-corrected chi connectivity index (χ4v) is 1.46. The molecule has 0 bridgehead atoms. The molecule has 1 unspecified atom stereocenters. The predicted molar refractivity (Wildman–Crippen MR) is 66.4 cm³/mol. The van der Waals surface area contributed by atoms with Crippen molar-refractivity contribution in [3.8, 4) is 0 Å². The normalized spacial score (nSPS) is 15.6. The quantitative estimate of drug-likeness (QED) is 0.415. The van der Waals surface area contributed by atoms with Gasteiger partial charge in [-0.15, -0.1) is 0 Å². The molecule has 0 heterocycles. The maximum Gasteiger partial charge on any atom is -0.0291 e. The second kappa shape index (κ2) is 8.80. The Balaban J connectivity index is 3.81. The van der Waals surface area contributed by atoms with E-state index in [2.05, 4.69) is 58.1 Å². The average Bonchev–Trinajstić information content (AvgIpc) is 2.15. The standard InChI is InChI=1S/C14H24/c1-5-7-9-11-14(4)12-13(3)10-8-6-2/h6-10,14H,5,11-12H2,1-4H3. The molecule has 14 heavy (non-hydrogen) atoms. The van der Waals surface area contributed by atoms with Gasteiger partial charge in [0.15, 0.2) is 0 Å². The summed E-state index contributed by atoms with van der Waals surface area (Å²) in [6, 6.07) is 0. The van der Waals surface area contributed by atoms with E-state index in [0.717, 1.165) is 12.3 Å². The molecule has 1 atom stereocenters. The van der Waals surface area contributed by atoms with Gasteiger partial charge in [-0.3, -0.25) is 0 Å². The van der Waals surface area contributed by atoms with E-state index in [-0.39, 0.29) is 0 Å². The van der Waals surface area contributed by atoms with Crippen LogP contribution in [0.3, 0.4) is 0 Å². The lowest BCUT2D eigenvalue weighted by molar-refractivity contribution is 0.585. The Labute approximate surface area is 89.4 Å². The Kier molecular flexibility index (Phi) is 8.31. The van der Waals surface area contributed by atoms with Crippen molar-refractivity contribution in [3.05, 3.63) is 36.0 Å². The van der Waals surface area contributed by atoms with Crippen LogP contribution >= 0.6 is 0 Å². The van der Waals surface area contributed by atoms with Crippen molar-refractivity contribution < 1.29 is 0 Å². The Morgan fingerprint density at radius 3 is 2.57 bits per heavy atom. The molecule has 0 aliphatic heterocycles. The van der Waals surface area contributed by atoms with Gasteiger partial charge in [-0.25, -0.2) is 0 Å². The van der Waals surface area contributed by atoms with Crippen LogP contribution in [0.2, 0.25) is 0 Å². The number of hydrogen-bond acceptors (Lipinski definition) is 0. The first-order valence-electron chi connectivity index (χ1n) is 5.64. The van der Waals surface area contributed by atoms with Crippen LogP contribution in [0.15, 0.2) is 36.0 Å². The summed E-state index contributed by atoms with van der Waals surface area (Å²) < 4.78 is 0.